The summed E-state index contributed by atoms with van der Waals surface area (Å²) in [6.07, 6.45) is 13.6. The maximum atomic E-state index is 13.8. The molecule has 1 unspecified atom stereocenters. The lowest BCUT2D eigenvalue weighted by molar-refractivity contribution is -0.151. The van der Waals surface area contributed by atoms with E-state index in [1.54, 1.807) is 44.2 Å². The van der Waals surface area contributed by atoms with Crippen LogP contribution in [0, 0.1) is 25.7 Å². The predicted molar refractivity (Wildman–Crippen MR) is 229 cm³/mol. The van der Waals surface area contributed by atoms with Gasteiger partial charge in [0, 0.05) is 12.1 Å². The van der Waals surface area contributed by atoms with Gasteiger partial charge in [-0.15, -0.1) is 0 Å². The average molecular weight is 806 g/mol. The molecule has 0 saturated heterocycles. The summed E-state index contributed by atoms with van der Waals surface area (Å²) in [6, 6.07) is 11.5. The van der Waals surface area contributed by atoms with Gasteiger partial charge in [-0.3, -0.25) is 19.2 Å². The van der Waals surface area contributed by atoms with Crippen LogP contribution < -0.4 is 10.6 Å². The second kappa shape index (κ2) is 27.2. The lowest BCUT2D eigenvalue weighted by Gasteiger charge is -2.32. The quantitative estimate of drug-likeness (QED) is 0.0544. The Kier molecular flexibility index (Phi) is 23.3. The molecule has 58 heavy (non-hydrogen) atoms. The van der Waals surface area contributed by atoms with Gasteiger partial charge in [-0.2, -0.15) is 0 Å². The molecule has 0 bridgehead atoms. The normalized spacial score (nSPS) is 13.2. The Morgan fingerprint density at radius 1 is 0.707 bits per heavy atom. The number of aliphatic carboxylic acids is 1. The van der Waals surface area contributed by atoms with Gasteiger partial charge >= 0.3 is 11.9 Å². The number of carboxylic acid groups (broad SMARTS) is 1. The van der Waals surface area contributed by atoms with Crippen molar-refractivity contribution in [2.24, 2.45) is 11.8 Å². The molecule has 0 fully saturated rings. The largest absolute Gasteiger partial charge is 0.480 e. The SMILES string of the molecule is CCCC[C@@H](C(=O)O)N(CCCCCCCCCCCCCC(COC(=O)c1c(C)cccc1C)C(C)=O)C(=O)[C@H](C)NC(=O)[C@@H](NC(=O)c1ccccc1)C(C)C. The number of hydrogen-bond acceptors (Lipinski definition) is 7. The molecule has 3 amide bonds. The number of hydrogen-bond donors (Lipinski definition) is 3. The minimum atomic E-state index is -1.05. The summed E-state index contributed by atoms with van der Waals surface area (Å²) in [7, 11) is 0. The lowest BCUT2D eigenvalue weighted by Crippen LogP contribution is -2.57. The van der Waals surface area contributed by atoms with Crippen LogP contribution >= 0.6 is 0 Å². The van der Waals surface area contributed by atoms with Crippen LogP contribution in [0.2, 0.25) is 0 Å². The van der Waals surface area contributed by atoms with Crippen LogP contribution in [0.3, 0.4) is 0 Å². The predicted octanol–water partition coefficient (Wildman–Crippen LogP) is 8.78. The van der Waals surface area contributed by atoms with Crippen molar-refractivity contribution >= 4 is 35.4 Å². The molecule has 2 rings (SSSR count). The Hall–Kier alpha value is -4.54. The van der Waals surface area contributed by atoms with E-state index in [9.17, 15) is 33.9 Å². The van der Waals surface area contributed by atoms with Crippen LogP contribution in [0.4, 0.5) is 0 Å². The van der Waals surface area contributed by atoms with Gasteiger partial charge in [0.05, 0.1) is 11.5 Å². The molecule has 11 nitrogen and oxygen atoms in total. The van der Waals surface area contributed by atoms with Crippen molar-refractivity contribution in [1.29, 1.82) is 0 Å². The zero-order valence-corrected chi connectivity index (χ0v) is 36.3. The molecule has 11 heteroatoms. The van der Waals surface area contributed by atoms with E-state index in [0.717, 1.165) is 81.8 Å². The van der Waals surface area contributed by atoms with Crippen LogP contribution in [-0.2, 0) is 23.9 Å². The van der Waals surface area contributed by atoms with Gasteiger partial charge in [-0.1, -0.05) is 134 Å². The molecule has 3 N–H and O–H groups in total. The average Bonchev–Trinajstić information content (AvgIpc) is 3.18. The van der Waals surface area contributed by atoms with Gasteiger partial charge in [-0.05, 0) is 76.1 Å². The third-order valence-corrected chi connectivity index (χ3v) is 10.9. The molecule has 2 aromatic carbocycles. The molecule has 0 aliphatic rings. The number of unbranched alkanes of at least 4 members (excludes halogenated alkanes) is 11. The van der Waals surface area contributed by atoms with E-state index in [1.165, 1.54) is 4.90 Å². The van der Waals surface area contributed by atoms with E-state index >= 15 is 0 Å². The van der Waals surface area contributed by atoms with E-state index in [0.29, 0.717) is 36.8 Å². The number of carbonyl (C=O) groups excluding carboxylic acids is 5. The minimum Gasteiger partial charge on any atom is -0.480 e. The second-order valence-electron chi connectivity index (χ2n) is 16.2. The van der Waals surface area contributed by atoms with Crippen molar-refractivity contribution in [3.05, 3.63) is 70.8 Å². The van der Waals surface area contributed by atoms with Crippen molar-refractivity contribution in [1.82, 2.24) is 15.5 Å². The van der Waals surface area contributed by atoms with Gasteiger partial charge in [0.2, 0.25) is 11.8 Å². The van der Waals surface area contributed by atoms with Crippen LogP contribution in [0.1, 0.15) is 163 Å². The van der Waals surface area contributed by atoms with Gasteiger partial charge in [0.25, 0.3) is 5.91 Å². The number of nitrogens with one attached hydrogen (secondary N) is 2. The Balaban J connectivity index is 1.74. The van der Waals surface area contributed by atoms with Gasteiger partial charge in [-0.25, -0.2) is 9.59 Å². The smallest absolute Gasteiger partial charge is 0.338 e. The summed E-state index contributed by atoms with van der Waals surface area (Å²) in [5.74, 6) is -3.23. The zero-order valence-electron chi connectivity index (χ0n) is 36.3. The van der Waals surface area contributed by atoms with E-state index in [2.05, 4.69) is 10.6 Å². The second-order valence-corrected chi connectivity index (χ2v) is 16.2. The highest BCUT2D eigenvalue weighted by Gasteiger charge is 2.34. The van der Waals surface area contributed by atoms with Crippen molar-refractivity contribution in [3.63, 3.8) is 0 Å². The van der Waals surface area contributed by atoms with Gasteiger partial charge in [0.15, 0.2) is 0 Å². The third kappa shape index (κ3) is 17.5. The van der Waals surface area contributed by atoms with E-state index in [-0.39, 0.29) is 42.6 Å². The summed E-state index contributed by atoms with van der Waals surface area (Å²) in [6.45, 7) is 12.9. The van der Waals surface area contributed by atoms with Crippen molar-refractivity contribution in [2.45, 2.75) is 163 Å². The number of amides is 3. The number of ether oxygens (including phenoxy) is 1. The molecular weight excluding hydrogens is 735 g/mol. The number of esters is 1. The highest BCUT2D eigenvalue weighted by Crippen LogP contribution is 2.19. The maximum Gasteiger partial charge on any atom is 0.338 e. The fourth-order valence-electron chi connectivity index (χ4n) is 7.25. The van der Waals surface area contributed by atoms with Crippen molar-refractivity contribution < 1.29 is 38.6 Å². The number of benzene rings is 2. The van der Waals surface area contributed by atoms with Crippen LogP contribution in [0.15, 0.2) is 48.5 Å². The number of carboxylic acids is 1. The molecule has 0 saturated carbocycles. The number of Topliss-reactive ketones (excluding diaryl/α,β-unsaturated/α-hetero) is 1. The first-order chi connectivity index (χ1) is 27.7. The molecule has 0 aliphatic carbocycles. The third-order valence-electron chi connectivity index (χ3n) is 10.9. The monoisotopic (exact) mass is 806 g/mol. The highest BCUT2D eigenvalue weighted by molar-refractivity contribution is 5.98. The molecule has 0 aliphatic heterocycles. The molecule has 322 valence electrons. The van der Waals surface area contributed by atoms with Crippen LogP contribution in [-0.4, -0.2) is 76.7 Å². The fraction of sp³-hybridized carbons (Fsp3) is 0.617. The Labute approximate surface area is 347 Å². The lowest BCUT2D eigenvalue weighted by atomic mass is 9.97. The Morgan fingerprint density at radius 3 is 1.78 bits per heavy atom. The first kappa shape index (κ1) is 49.6. The molecule has 0 spiro atoms. The molecular formula is C47H71N3O8. The topological polar surface area (TPSA) is 159 Å². The van der Waals surface area contributed by atoms with E-state index in [4.69, 9.17) is 4.74 Å². The number of ketones is 1. The molecule has 0 aromatic heterocycles. The summed E-state index contributed by atoms with van der Waals surface area (Å²) in [4.78, 5) is 78.6. The summed E-state index contributed by atoms with van der Waals surface area (Å²) in [5.41, 5.74) is 2.74. The van der Waals surface area contributed by atoms with E-state index < -0.39 is 35.9 Å². The number of carbonyl (C=O) groups is 6. The molecule has 0 heterocycles. The number of rotatable bonds is 29. The summed E-state index contributed by atoms with van der Waals surface area (Å²) in [5, 5.41) is 15.7. The van der Waals surface area contributed by atoms with Crippen LogP contribution in [0.5, 0.6) is 0 Å². The highest BCUT2D eigenvalue weighted by atomic mass is 16.5. The summed E-state index contributed by atoms with van der Waals surface area (Å²) < 4.78 is 5.56. The minimum absolute atomic E-state index is 0.0489. The van der Waals surface area contributed by atoms with Crippen molar-refractivity contribution in [2.75, 3.05) is 13.2 Å². The standard InChI is InChI=1S/C47H71N3O8/c1-8-9-30-40(46(55)56)50(45(54)36(6)48-44(53)42(33(2)3)49-43(52)38-27-21-19-22-28-38)31-23-18-16-14-12-10-11-13-15-17-20-29-39(37(7)51)32-58-47(57)41-34(4)25-24-26-35(41)5/h19,21-22,24-28,33,36,39-40,42H,8-18,20,23,29-32H2,1-7H3,(H,48,53)(H,49,52)(H,55,56)/t36-,39?,40-,42-/m0/s1. The van der Waals surface area contributed by atoms with E-state index in [1.807, 2.05) is 52.8 Å². The number of aryl methyl sites for hydroxylation is 2. The first-order valence-corrected chi connectivity index (χ1v) is 21.6. The van der Waals surface area contributed by atoms with Gasteiger partial charge < -0.3 is 25.4 Å². The van der Waals surface area contributed by atoms with Crippen LogP contribution in [0.25, 0.3) is 0 Å². The maximum absolute atomic E-state index is 13.8. The zero-order chi connectivity index (χ0) is 43.0. The Morgan fingerprint density at radius 2 is 1.26 bits per heavy atom. The first-order valence-electron chi connectivity index (χ1n) is 21.6. The fourth-order valence-corrected chi connectivity index (χ4v) is 7.25. The summed E-state index contributed by atoms with van der Waals surface area (Å²) >= 11 is 0. The van der Waals surface area contributed by atoms with Gasteiger partial charge in [0.1, 0.15) is 30.5 Å². The Bertz CT molecular complexity index is 1570. The van der Waals surface area contributed by atoms with Crippen molar-refractivity contribution in [3.8, 4) is 0 Å². The number of nitrogens with zero attached hydrogens (tertiary/aromatic N) is 1. The molecule has 0 radical (unpaired) electrons. The molecule has 4 atom stereocenters. The molecule has 2 aromatic rings.